The number of carbonyl (C=O) groups is 1. The Bertz CT molecular complexity index is 1280. The Hall–Kier alpha value is -3.28. The molecule has 12 heteroatoms. The first-order chi connectivity index (χ1) is 15.1. The van der Waals surface area contributed by atoms with Crippen LogP contribution in [0, 0.1) is 6.92 Å². The van der Waals surface area contributed by atoms with E-state index < -0.39 is 34.3 Å². The maximum atomic E-state index is 12.7. The SMILES string of the molecule is Cc1c(C(=O)NC2(C)CS(=O)(=O)C2)nc2ccc(Oc3ncccc3OCC(F)F)cn12. The van der Waals surface area contributed by atoms with Crippen molar-refractivity contribution in [3.63, 3.8) is 0 Å². The number of alkyl halides is 2. The van der Waals surface area contributed by atoms with Crippen LogP contribution in [0.25, 0.3) is 5.65 Å². The number of aromatic nitrogens is 3. The van der Waals surface area contributed by atoms with E-state index in [-0.39, 0.29) is 28.8 Å². The Morgan fingerprint density at radius 2 is 2.06 bits per heavy atom. The molecule has 0 aromatic carbocycles. The van der Waals surface area contributed by atoms with Crippen LogP contribution in [-0.2, 0) is 9.84 Å². The van der Waals surface area contributed by atoms with Crippen LogP contribution in [0.1, 0.15) is 23.1 Å². The highest BCUT2D eigenvalue weighted by atomic mass is 32.2. The molecule has 1 N–H and O–H groups in total. The van der Waals surface area contributed by atoms with Crippen LogP contribution in [-0.4, -0.2) is 58.8 Å². The summed E-state index contributed by atoms with van der Waals surface area (Å²) in [6.07, 6.45) is 0.380. The monoisotopic (exact) mass is 466 g/mol. The highest BCUT2D eigenvalue weighted by molar-refractivity contribution is 7.93. The molecule has 0 spiro atoms. The Kier molecular flexibility index (Phi) is 5.49. The average Bonchev–Trinajstić information content (AvgIpc) is 3.02. The van der Waals surface area contributed by atoms with E-state index >= 15 is 0 Å². The molecular weight excluding hydrogens is 446 g/mol. The Balaban J connectivity index is 1.56. The number of nitrogens with one attached hydrogen (secondary N) is 1. The zero-order chi connectivity index (χ0) is 23.1. The van der Waals surface area contributed by atoms with E-state index in [4.69, 9.17) is 9.47 Å². The lowest BCUT2D eigenvalue weighted by Gasteiger charge is -2.38. The van der Waals surface area contributed by atoms with E-state index in [1.54, 1.807) is 36.6 Å². The van der Waals surface area contributed by atoms with Crippen LogP contribution in [0.3, 0.4) is 0 Å². The highest BCUT2D eigenvalue weighted by Crippen LogP contribution is 2.30. The minimum absolute atomic E-state index is 0.0161. The number of halogens is 2. The summed E-state index contributed by atoms with van der Waals surface area (Å²) < 4.78 is 60.3. The fourth-order valence-electron chi connectivity index (χ4n) is 3.58. The van der Waals surface area contributed by atoms with Crippen molar-refractivity contribution in [2.24, 2.45) is 0 Å². The number of hydrogen-bond donors (Lipinski definition) is 1. The lowest BCUT2D eigenvalue weighted by molar-refractivity contribution is 0.0804. The van der Waals surface area contributed by atoms with E-state index in [0.717, 1.165) is 0 Å². The number of fused-ring (bicyclic) bond motifs is 1. The van der Waals surface area contributed by atoms with Crippen molar-refractivity contribution in [3.8, 4) is 17.4 Å². The number of amides is 1. The third-order valence-corrected chi connectivity index (χ3v) is 7.01. The van der Waals surface area contributed by atoms with Crippen molar-refractivity contribution < 1.29 is 31.5 Å². The molecule has 0 saturated carbocycles. The van der Waals surface area contributed by atoms with Gasteiger partial charge in [0.25, 0.3) is 18.2 Å². The molecule has 3 aromatic heterocycles. The number of pyridine rings is 2. The largest absolute Gasteiger partial charge is 0.482 e. The fraction of sp³-hybridized carbons (Fsp3) is 0.350. The molecule has 1 aliphatic rings. The molecule has 0 atom stereocenters. The first-order valence-electron chi connectivity index (χ1n) is 9.61. The standard InChI is InChI=1S/C20H20F2N4O5S/c1-12-17(18(27)25-20(2)10-32(28,29)11-20)24-16-6-5-13(8-26(12)16)31-19-14(4-3-7-23-19)30-9-15(21)22/h3-8,15H,9-11H2,1-2H3,(H,25,27). The molecule has 0 unspecified atom stereocenters. The predicted octanol–water partition coefficient (Wildman–Crippen LogP) is 2.39. The maximum absolute atomic E-state index is 12.7. The quantitative estimate of drug-likeness (QED) is 0.569. The van der Waals surface area contributed by atoms with Crippen LogP contribution in [0.4, 0.5) is 8.78 Å². The van der Waals surface area contributed by atoms with Gasteiger partial charge >= 0.3 is 0 Å². The first kappa shape index (κ1) is 21.9. The summed E-state index contributed by atoms with van der Waals surface area (Å²) in [6, 6.07) is 6.22. The molecule has 1 fully saturated rings. The Morgan fingerprint density at radius 3 is 2.75 bits per heavy atom. The summed E-state index contributed by atoms with van der Waals surface area (Å²) in [5.41, 5.74) is 0.331. The van der Waals surface area contributed by atoms with Crippen molar-refractivity contribution in [1.82, 2.24) is 19.7 Å². The van der Waals surface area contributed by atoms with Crippen molar-refractivity contribution in [1.29, 1.82) is 0 Å². The number of imidazole rings is 1. The van der Waals surface area contributed by atoms with Gasteiger partial charge in [0.2, 0.25) is 0 Å². The van der Waals surface area contributed by atoms with Crippen molar-refractivity contribution in [2.75, 3.05) is 18.1 Å². The molecule has 3 aromatic rings. The number of sulfone groups is 1. The Labute approximate surface area is 182 Å². The molecule has 0 bridgehead atoms. The van der Waals surface area contributed by atoms with Crippen molar-refractivity contribution in [2.45, 2.75) is 25.8 Å². The number of rotatable bonds is 7. The molecule has 0 radical (unpaired) electrons. The normalized spacial score (nSPS) is 16.5. The second-order valence-corrected chi connectivity index (χ2v) is 9.86. The molecule has 9 nitrogen and oxygen atoms in total. The molecular formula is C20H20F2N4O5S. The Morgan fingerprint density at radius 1 is 1.31 bits per heavy atom. The zero-order valence-corrected chi connectivity index (χ0v) is 18.0. The van der Waals surface area contributed by atoms with E-state index in [2.05, 4.69) is 15.3 Å². The van der Waals surface area contributed by atoms with Gasteiger partial charge in [-0.05, 0) is 38.1 Å². The van der Waals surface area contributed by atoms with Crippen LogP contribution >= 0.6 is 0 Å². The fourth-order valence-corrected chi connectivity index (χ4v) is 5.58. The zero-order valence-electron chi connectivity index (χ0n) is 17.2. The maximum Gasteiger partial charge on any atom is 0.272 e. The molecule has 170 valence electrons. The summed E-state index contributed by atoms with van der Waals surface area (Å²) >= 11 is 0. The summed E-state index contributed by atoms with van der Waals surface area (Å²) in [7, 11) is -3.11. The van der Waals surface area contributed by atoms with Crippen LogP contribution in [0.15, 0.2) is 36.7 Å². The van der Waals surface area contributed by atoms with Gasteiger partial charge in [0.15, 0.2) is 15.6 Å². The number of aryl methyl sites for hydroxylation is 1. The molecule has 0 aliphatic carbocycles. The van der Waals surface area contributed by atoms with Crippen molar-refractivity contribution in [3.05, 3.63) is 48.0 Å². The predicted molar refractivity (Wildman–Crippen MR) is 110 cm³/mol. The molecule has 1 amide bonds. The van der Waals surface area contributed by atoms with Gasteiger partial charge in [-0.2, -0.15) is 0 Å². The van der Waals surface area contributed by atoms with Gasteiger partial charge in [0.1, 0.15) is 23.7 Å². The van der Waals surface area contributed by atoms with Gasteiger partial charge < -0.3 is 14.8 Å². The van der Waals surface area contributed by atoms with E-state index in [9.17, 15) is 22.0 Å². The van der Waals surface area contributed by atoms with Gasteiger partial charge in [-0.25, -0.2) is 27.2 Å². The van der Waals surface area contributed by atoms with Gasteiger partial charge in [-0.15, -0.1) is 0 Å². The van der Waals surface area contributed by atoms with Gasteiger partial charge in [-0.1, -0.05) is 0 Å². The topological polar surface area (TPSA) is 112 Å². The van der Waals surface area contributed by atoms with Crippen LogP contribution in [0.5, 0.6) is 17.4 Å². The molecule has 4 rings (SSSR count). The molecule has 1 saturated heterocycles. The van der Waals surface area contributed by atoms with Crippen LogP contribution in [0.2, 0.25) is 0 Å². The van der Waals surface area contributed by atoms with Crippen molar-refractivity contribution >= 4 is 21.4 Å². The summed E-state index contributed by atoms with van der Waals surface area (Å²) in [6.45, 7) is 2.57. The number of carbonyl (C=O) groups excluding carboxylic acids is 1. The van der Waals surface area contributed by atoms with E-state index in [1.807, 2.05) is 0 Å². The molecule has 32 heavy (non-hydrogen) atoms. The van der Waals surface area contributed by atoms with E-state index in [0.29, 0.717) is 17.1 Å². The molecule has 4 heterocycles. The average molecular weight is 466 g/mol. The summed E-state index contributed by atoms with van der Waals surface area (Å²) in [4.78, 5) is 21.1. The third kappa shape index (κ3) is 4.49. The minimum atomic E-state index is -3.11. The molecule has 1 aliphatic heterocycles. The van der Waals surface area contributed by atoms with Crippen LogP contribution < -0.4 is 14.8 Å². The summed E-state index contributed by atoms with van der Waals surface area (Å²) in [5.74, 6) is -0.297. The second-order valence-electron chi connectivity index (χ2n) is 7.80. The first-order valence-corrected chi connectivity index (χ1v) is 11.4. The van der Waals surface area contributed by atoms with Gasteiger partial charge in [0, 0.05) is 6.20 Å². The second kappa shape index (κ2) is 8.01. The van der Waals surface area contributed by atoms with Gasteiger partial charge in [0.05, 0.1) is 28.9 Å². The van der Waals surface area contributed by atoms with Gasteiger partial charge in [-0.3, -0.25) is 9.20 Å². The lowest BCUT2D eigenvalue weighted by atomic mass is 10.1. The summed E-state index contributed by atoms with van der Waals surface area (Å²) in [5, 5.41) is 2.74. The van der Waals surface area contributed by atoms with E-state index in [1.165, 1.54) is 18.3 Å². The minimum Gasteiger partial charge on any atom is -0.482 e. The number of hydrogen-bond acceptors (Lipinski definition) is 7. The smallest absolute Gasteiger partial charge is 0.272 e. The third-order valence-electron chi connectivity index (χ3n) is 4.85. The number of nitrogens with zero attached hydrogens (tertiary/aromatic N) is 3. The highest BCUT2D eigenvalue weighted by Gasteiger charge is 2.46. The number of ether oxygens (including phenoxy) is 2. The lowest BCUT2D eigenvalue weighted by Crippen LogP contribution is -2.63.